The zero-order valence-corrected chi connectivity index (χ0v) is 15.7. The number of hydrogen-bond donors (Lipinski definition) is 1. The molecule has 0 unspecified atom stereocenters. The van der Waals surface area contributed by atoms with E-state index in [2.05, 4.69) is 41.1 Å². The van der Waals surface area contributed by atoms with Crippen molar-refractivity contribution >= 4 is 17.5 Å². The first-order valence-corrected chi connectivity index (χ1v) is 9.50. The lowest BCUT2D eigenvalue weighted by Gasteiger charge is -2.39. The molecule has 1 N–H and O–H groups in total. The van der Waals surface area contributed by atoms with Crippen LogP contribution in [0.4, 0.5) is 0 Å². The number of piperazine rings is 1. The molecule has 5 heteroatoms. The Kier molecular flexibility index (Phi) is 8.03. The minimum Gasteiger partial charge on any atom is -0.355 e. The molecule has 0 bridgehead atoms. The van der Waals surface area contributed by atoms with Crippen molar-refractivity contribution in [2.75, 3.05) is 39.3 Å². The summed E-state index contributed by atoms with van der Waals surface area (Å²) in [4.78, 5) is 16.7. The van der Waals surface area contributed by atoms with Gasteiger partial charge in [0.25, 0.3) is 0 Å². The Hall–Kier alpha value is -1.10. The molecule has 0 aliphatic carbocycles. The summed E-state index contributed by atoms with van der Waals surface area (Å²) in [5, 5.41) is 3.79. The van der Waals surface area contributed by atoms with Crippen molar-refractivity contribution in [1.82, 2.24) is 15.1 Å². The zero-order chi connectivity index (χ0) is 17.4. The molecule has 0 spiro atoms. The van der Waals surface area contributed by atoms with Gasteiger partial charge in [-0.25, -0.2) is 0 Å². The van der Waals surface area contributed by atoms with Crippen molar-refractivity contribution in [2.45, 2.75) is 39.2 Å². The molecule has 1 aliphatic rings. The average Bonchev–Trinajstić information content (AvgIpc) is 2.59. The second-order valence-electron chi connectivity index (χ2n) is 6.49. The molecule has 1 aromatic carbocycles. The first-order valence-electron chi connectivity index (χ1n) is 9.12. The Bertz CT molecular complexity index is 498. The molecular formula is C19H30ClN3O. The van der Waals surface area contributed by atoms with Crippen LogP contribution in [0.3, 0.4) is 0 Å². The van der Waals surface area contributed by atoms with E-state index in [9.17, 15) is 4.79 Å². The van der Waals surface area contributed by atoms with Gasteiger partial charge in [0.15, 0.2) is 0 Å². The van der Waals surface area contributed by atoms with Gasteiger partial charge in [-0.05, 0) is 30.5 Å². The monoisotopic (exact) mass is 351 g/mol. The fourth-order valence-corrected chi connectivity index (χ4v) is 3.41. The molecule has 0 aromatic heterocycles. The average molecular weight is 352 g/mol. The maximum absolute atomic E-state index is 11.9. The van der Waals surface area contributed by atoms with Crippen LogP contribution in [0.2, 0.25) is 5.02 Å². The number of amides is 1. The fourth-order valence-electron chi connectivity index (χ4n) is 3.29. The molecule has 2 rings (SSSR count). The Balaban J connectivity index is 1.80. The van der Waals surface area contributed by atoms with E-state index >= 15 is 0 Å². The van der Waals surface area contributed by atoms with Crippen molar-refractivity contribution in [1.29, 1.82) is 0 Å². The van der Waals surface area contributed by atoms with Crippen molar-refractivity contribution in [2.24, 2.45) is 0 Å². The molecule has 1 saturated heterocycles. The lowest BCUT2D eigenvalue weighted by atomic mass is 10.0. The number of nitrogens with one attached hydrogen (secondary N) is 1. The fraction of sp³-hybridized carbons (Fsp3) is 0.632. The number of nitrogens with zero attached hydrogens (tertiary/aromatic N) is 2. The maximum atomic E-state index is 11.9. The predicted octanol–water partition coefficient (Wildman–Crippen LogP) is 3.33. The van der Waals surface area contributed by atoms with E-state index in [-0.39, 0.29) is 5.91 Å². The smallest absolute Gasteiger partial charge is 0.234 e. The molecule has 24 heavy (non-hydrogen) atoms. The number of carbonyl (C=O) groups is 1. The minimum atomic E-state index is 0.154. The molecular weight excluding hydrogens is 322 g/mol. The topological polar surface area (TPSA) is 35.6 Å². The number of halogens is 1. The number of benzene rings is 1. The normalized spacial score (nSPS) is 17.6. The Labute approximate surface area is 151 Å². The molecule has 1 aliphatic heterocycles. The zero-order valence-electron chi connectivity index (χ0n) is 14.9. The first-order chi connectivity index (χ1) is 11.6. The number of unbranched alkanes of at least 4 members (excludes halogenated alkanes) is 1. The summed E-state index contributed by atoms with van der Waals surface area (Å²) >= 11 is 6.00. The van der Waals surface area contributed by atoms with Crippen LogP contribution in [0.1, 0.15) is 44.7 Å². The second-order valence-corrected chi connectivity index (χ2v) is 6.93. The van der Waals surface area contributed by atoms with Gasteiger partial charge in [-0.1, -0.05) is 44.0 Å². The van der Waals surface area contributed by atoms with Crippen LogP contribution in [0.25, 0.3) is 0 Å². The van der Waals surface area contributed by atoms with E-state index in [1.807, 2.05) is 12.1 Å². The summed E-state index contributed by atoms with van der Waals surface area (Å²) in [6.07, 6.45) is 3.25. The van der Waals surface area contributed by atoms with Crippen molar-refractivity contribution < 1.29 is 4.79 Å². The summed E-state index contributed by atoms with van der Waals surface area (Å²) in [7, 11) is 0. The molecule has 1 heterocycles. The van der Waals surface area contributed by atoms with Crippen LogP contribution in [0.15, 0.2) is 24.3 Å². The van der Waals surface area contributed by atoms with E-state index in [0.717, 1.165) is 57.0 Å². The van der Waals surface area contributed by atoms with E-state index in [1.165, 1.54) is 5.56 Å². The van der Waals surface area contributed by atoms with Gasteiger partial charge < -0.3 is 5.32 Å². The molecule has 4 nitrogen and oxygen atoms in total. The quantitative estimate of drug-likeness (QED) is 0.730. The second kappa shape index (κ2) is 10.0. The minimum absolute atomic E-state index is 0.154. The summed E-state index contributed by atoms with van der Waals surface area (Å²) < 4.78 is 0. The standard InChI is InChI=1S/C19H30ClN3O/c1-3-5-10-21-19(24)15-22-11-13-23(14-12-22)18(4-2)16-6-8-17(20)9-7-16/h6-9,18H,3-5,10-15H2,1-2H3,(H,21,24)/t18-/m1/s1. The molecule has 0 saturated carbocycles. The van der Waals surface area contributed by atoms with E-state index in [4.69, 9.17) is 11.6 Å². The van der Waals surface area contributed by atoms with Crippen LogP contribution in [-0.2, 0) is 4.79 Å². The third kappa shape index (κ3) is 5.76. The van der Waals surface area contributed by atoms with Gasteiger partial charge in [-0.2, -0.15) is 0 Å². The SMILES string of the molecule is CCCCNC(=O)CN1CCN([C@H](CC)c2ccc(Cl)cc2)CC1. The highest BCUT2D eigenvalue weighted by Crippen LogP contribution is 2.26. The Morgan fingerprint density at radius 1 is 1.17 bits per heavy atom. The van der Waals surface area contributed by atoms with Crippen molar-refractivity contribution in [3.05, 3.63) is 34.9 Å². The lowest BCUT2D eigenvalue weighted by Crippen LogP contribution is -2.50. The van der Waals surface area contributed by atoms with E-state index in [1.54, 1.807) is 0 Å². The summed E-state index contributed by atoms with van der Waals surface area (Å²) in [6.45, 7) is 9.59. The van der Waals surface area contributed by atoms with E-state index < -0.39 is 0 Å². The molecule has 0 radical (unpaired) electrons. The molecule has 1 aromatic rings. The van der Waals surface area contributed by atoms with Crippen LogP contribution in [0, 0.1) is 0 Å². The molecule has 1 fully saturated rings. The third-order valence-corrected chi connectivity index (χ3v) is 4.96. The van der Waals surface area contributed by atoms with Crippen molar-refractivity contribution in [3.63, 3.8) is 0 Å². The van der Waals surface area contributed by atoms with Crippen LogP contribution >= 0.6 is 11.6 Å². The molecule has 134 valence electrons. The van der Waals surface area contributed by atoms with Gasteiger partial charge in [-0.15, -0.1) is 0 Å². The molecule has 1 atom stereocenters. The highest BCUT2D eigenvalue weighted by Gasteiger charge is 2.24. The predicted molar refractivity (Wildman–Crippen MR) is 100 cm³/mol. The van der Waals surface area contributed by atoms with Crippen molar-refractivity contribution in [3.8, 4) is 0 Å². The largest absolute Gasteiger partial charge is 0.355 e. The third-order valence-electron chi connectivity index (χ3n) is 4.71. The lowest BCUT2D eigenvalue weighted by molar-refractivity contribution is -0.122. The van der Waals surface area contributed by atoms with Gasteiger partial charge >= 0.3 is 0 Å². The van der Waals surface area contributed by atoms with Gasteiger partial charge in [0.1, 0.15) is 0 Å². The highest BCUT2D eigenvalue weighted by atomic mass is 35.5. The number of hydrogen-bond acceptors (Lipinski definition) is 3. The maximum Gasteiger partial charge on any atom is 0.234 e. The first kappa shape index (κ1) is 19.2. The summed E-state index contributed by atoms with van der Waals surface area (Å²) in [6, 6.07) is 8.63. The number of rotatable bonds is 8. The Morgan fingerprint density at radius 3 is 2.42 bits per heavy atom. The molecule has 1 amide bonds. The van der Waals surface area contributed by atoms with Gasteiger partial charge in [0.2, 0.25) is 5.91 Å². The highest BCUT2D eigenvalue weighted by molar-refractivity contribution is 6.30. The van der Waals surface area contributed by atoms with Crippen LogP contribution in [-0.4, -0.2) is 55.0 Å². The van der Waals surface area contributed by atoms with Gasteiger partial charge in [-0.3, -0.25) is 14.6 Å². The van der Waals surface area contributed by atoms with Gasteiger partial charge in [0, 0.05) is 43.8 Å². The Morgan fingerprint density at radius 2 is 1.83 bits per heavy atom. The van der Waals surface area contributed by atoms with Crippen LogP contribution < -0.4 is 5.32 Å². The van der Waals surface area contributed by atoms with Gasteiger partial charge in [0.05, 0.1) is 6.54 Å². The summed E-state index contributed by atoms with van der Waals surface area (Å²) in [5.74, 6) is 0.154. The van der Waals surface area contributed by atoms with E-state index in [0.29, 0.717) is 12.6 Å². The summed E-state index contributed by atoms with van der Waals surface area (Å²) in [5.41, 5.74) is 1.33. The number of carbonyl (C=O) groups excluding carboxylic acids is 1. The van der Waals surface area contributed by atoms with Crippen LogP contribution in [0.5, 0.6) is 0 Å².